The van der Waals surface area contributed by atoms with Gasteiger partial charge in [-0.2, -0.15) is 0 Å². The number of carbonyl (C=O) groups excluding carboxylic acids is 1. The fourth-order valence-electron chi connectivity index (χ4n) is 2.65. The number of rotatable bonds is 7. The van der Waals surface area contributed by atoms with Gasteiger partial charge in [0, 0.05) is 41.7 Å². The summed E-state index contributed by atoms with van der Waals surface area (Å²) < 4.78 is 0. The SMILES string of the molecule is CCNc1cc(Nc2ccc(NC(=O)c3cccc([N+](=O)[O-])c3)cc2)nc(C)n1. The van der Waals surface area contributed by atoms with Gasteiger partial charge in [-0.05, 0) is 44.2 Å². The van der Waals surface area contributed by atoms with Gasteiger partial charge in [0.2, 0.25) is 0 Å². The summed E-state index contributed by atoms with van der Waals surface area (Å²) in [4.78, 5) is 31.3. The summed E-state index contributed by atoms with van der Waals surface area (Å²) in [5, 5.41) is 19.9. The number of nitrogens with zero attached hydrogens (tertiary/aromatic N) is 3. The van der Waals surface area contributed by atoms with Gasteiger partial charge < -0.3 is 16.0 Å². The lowest BCUT2D eigenvalue weighted by molar-refractivity contribution is -0.384. The highest BCUT2D eigenvalue weighted by Crippen LogP contribution is 2.20. The zero-order valence-electron chi connectivity index (χ0n) is 16.0. The van der Waals surface area contributed by atoms with Crippen LogP contribution in [0.15, 0.2) is 54.6 Å². The molecule has 0 radical (unpaired) electrons. The second-order valence-corrected chi connectivity index (χ2v) is 6.18. The molecule has 9 heteroatoms. The van der Waals surface area contributed by atoms with Crippen LogP contribution in [0.4, 0.5) is 28.7 Å². The molecule has 9 nitrogen and oxygen atoms in total. The number of aryl methyl sites for hydroxylation is 1. The number of non-ortho nitro benzene ring substituents is 1. The Balaban J connectivity index is 1.68. The van der Waals surface area contributed by atoms with Crippen LogP contribution in [0, 0.1) is 17.0 Å². The van der Waals surface area contributed by atoms with Crippen LogP contribution >= 0.6 is 0 Å². The molecule has 0 unspecified atom stereocenters. The predicted octanol–water partition coefficient (Wildman–Crippen LogP) is 4.12. The van der Waals surface area contributed by atoms with Crippen molar-refractivity contribution < 1.29 is 9.72 Å². The minimum absolute atomic E-state index is 0.130. The van der Waals surface area contributed by atoms with E-state index < -0.39 is 10.8 Å². The molecule has 29 heavy (non-hydrogen) atoms. The van der Waals surface area contributed by atoms with Gasteiger partial charge in [-0.3, -0.25) is 14.9 Å². The summed E-state index contributed by atoms with van der Waals surface area (Å²) in [6.45, 7) is 4.57. The van der Waals surface area contributed by atoms with Crippen molar-refractivity contribution in [3.63, 3.8) is 0 Å². The van der Waals surface area contributed by atoms with Gasteiger partial charge in [0.15, 0.2) is 0 Å². The Morgan fingerprint density at radius 2 is 1.72 bits per heavy atom. The van der Waals surface area contributed by atoms with Crippen molar-refractivity contribution in [2.45, 2.75) is 13.8 Å². The topological polar surface area (TPSA) is 122 Å². The van der Waals surface area contributed by atoms with Gasteiger partial charge in [-0.25, -0.2) is 9.97 Å². The molecule has 0 aliphatic carbocycles. The van der Waals surface area contributed by atoms with Crippen LogP contribution in [0.5, 0.6) is 0 Å². The standard InChI is InChI=1S/C20H20N6O3/c1-3-21-18-12-19(23-13(2)22-18)24-15-7-9-16(10-8-15)25-20(27)14-5-4-6-17(11-14)26(28)29/h4-12H,3H2,1-2H3,(H,25,27)(H2,21,22,23,24). The molecule has 0 spiro atoms. The molecule has 3 N–H and O–H groups in total. The zero-order chi connectivity index (χ0) is 20.8. The number of hydrogen-bond donors (Lipinski definition) is 3. The normalized spacial score (nSPS) is 10.3. The molecule has 2 aromatic carbocycles. The zero-order valence-corrected chi connectivity index (χ0v) is 16.0. The molecular weight excluding hydrogens is 372 g/mol. The Hall–Kier alpha value is -4.01. The van der Waals surface area contributed by atoms with Crippen molar-refractivity contribution in [2.75, 3.05) is 22.5 Å². The maximum atomic E-state index is 12.3. The van der Waals surface area contributed by atoms with Crippen LogP contribution in [-0.2, 0) is 0 Å². The molecule has 3 rings (SSSR count). The monoisotopic (exact) mass is 392 g/mol. The maximum Gasteiger partial charge on any atom is 0.270 e. The predicted molar refractivity (Wildman–Crippen MR) is 112 cm³/mol. The first kappa shape index (κ1) is 19.7. The Morgan fingerprint density at radius 3 is 2.41 bits per heavy atom. The number of aromatic nitrogens is 2. The molecule has 0 saturated heterocycles. The molecular formula is C20H20N6O3. The summed E-state index contributed by atoms with van der Waals surface area (Å²) >= 11 is 0. The van der Waals surface area contributed by atoms with E-state index in [1.807, 2.05) is 19.9 Å². The van der Waals surface area contributed by atoms with Crippen LogP contribution in [0.3, 0.4) is 0 Å². The van der Waals surface area contributed by atoms with E-state index in [0.717, 1.165) is 18.1 Å². The van der Waals surface area contributed by atoms with Crippen LogP contribution in [0.2, 0.25) is 0 Å². The number of benzene rings is 2. The fourth-order valence-corrected chi connectivity index (χ4v) is 2.65. The number of amides is 1. The van der Waals surface area contributed by atoms with Gasteiger partial charge in [0.1, 0.15) is 17.5 Å². The molecule has 1 heterocycles. The molecule has 0 fully saturated rings. The molecule has 0 aliphatic heterocycles. The van der Waals surface area contributed by atoms with Crippen molar-refractivity contribution in [1.82, 2.24) is 9.97 Å². The number of hydrogen-bond acceptors (Lipinski definition) is 7. The first-order valence-corrected chi connectivity index (χ1v) is 8.97. The van der Waals surface area contributed by atoms with Gasteiger partial charge >= 0.3 is 0 Å². The van der Waals surface area contributed by atoms with E-state index >= 15 is 0 Å². The highest BCUT2D eigenvalue weighted by Gasteiger charge is 2.11. The first-order valence-electron chi connectivity index (χ1n) is 8.97. The minimum Gasteiger partial charge on any atom is -0.370 e. The number of nitro benzene ring substituents is 1. The average molecular weight is 392 g/mol. The quantitative estimate of drug-likeness (QED) is 0.408. The van der Waals surface area contributed by atoms with Crippen molar-refractivity contribution >= 4 is 34.6 Å². The lowest BCUT2D eigenvalue weighted by Crippen LogP contribution is -2.12. The number of carbonyl (C=O) groups is 1. The maximum absolute atomic E-state index is 12.3. The van der Waals surface area contributed by atoms with Crippen LogP contribution < -0.4 is 16.0 Å². The second-order valence-electron chi connectivity index (χ2n) is 6.18. The van der Waals surface area contributed by atoms with E-state index in [4.69, 9.17) is 0 Å². The summed E-state index contributed by atoms with van der Waals surface area (Å²) in [7, 11) is 0. The van der Waals surface area contributed by atoms with Gasteiger partial charge in [0.25, 0.3) is 11.6 Å². The van der Waals surface area contributed by atoms with Gasteiger partial charge in [0.05, 0.1) is 4.92 Å². The Bertz CT molecular complexity index is 1040. The van der Waals surface area contributed by atoms with E-state index in [1.54, 1.807) is 24.3 Å². The van der Waals surface area contributed by atoms with Crippen molar-refractivity contribution in [2.24, 2.45) is 0 Å². The highest BCUT2D eigenvalue weighted by molar-refractivity contribution is 6.04. The molecule has 1 aromatic heterocycles. The second kappa shape index (κ2) is 8.79. The molecule has 3 aromatic rings. The Labute approximate surface area is 167 Å². The number of nitrogens with one attached hydrogen (secondary N) is 3. The molecule has 0 saturated carbocycles. The molecule has 1 amide bonds. The van der Waals surface area contributed by atoms with Crippen LogP contribution in [-0.4, -0.2) is 27.3 Å². The highest BCUT2D eigenvalue weighted by atomic mass is 16.6. The minimum atomic E-state index is -0.534. The largest absolute Gasteiger partial charge is 0.370 e. The van der Waals surface area contributed by atoms with Crippen molar-refractivity contribution in [3.8, 4) is 0 Å². The lowest BCUT2D eigenvalue weighted by Gasteiger charge is -2.10. The Kier molecular flexibility index (Phi) is 5.98. The van der Waals surface area contributed by atoms with E-state index in [-0.39, 0.29) is 11.3 Å². The summed E-state index contributed by atoms with van der Waals surface area (Å²) in [5.41, 5.74) is 1.45. The third-order valence-corrected chi connectivity index (χ3v) is 3.93. The van der Waals surface area contributed by atoms with E-state index in [1.165, 1.54) is 24.3 Å². The summed E-state index contributed by atoms with van der Waals surface area (Å²) in [5.74, 6) is 1.62. The van der Waals surface area contributed by atoms with Crippen LogP contribution in [0.1, 0.15) is 23.1 Å². The summed E-state index contributed by atoms with van der Waals surface area (Å²) in [6, 6.07) is 14.5. The van der Waals surface area contributed by atoms with E-state index in [9.17, 15) is 14.9 Å². The summed E-state index contributed by atoms with van der Waals surface area (Å²) in [6.07, 6.45) is 0. The first-order chi connectivity index (χ1) is 13.9. The van der Waals surface area contributed by atoms with Crippen molar-refractivity contribution in [1.29, 1.82) is 0 Å². The third kappa shape index (κ3) is 5.25. The smallest absolute Gasteiger partial charge is 0.270 e. The lowest BCUT2D eigenvalue weighted by atomic mass is 10.2. The average Bonchev–Trinajstić information content (AvgIpc) is 2.69. The van der Waals surface area contributed by atoms with E-state index in [2.05, 4.69) is 25.9 Å². The molecule has 0 atom stereocenters. The Morgan fingerprint density at radius 1 is 1.03 bits per heavy atom. The molecule has 0 aliphatic rings. The van der Waals surface area contributed by atoms with E-state index in [0.29, 0.717) is 17.3 Å². The van der Waals surface area contributed by atoms with Crippen molar-refractivity contribution in [3.05, 3.63) is 76.1 Å². The number of nitro groups is 1. The fraction of sp³-hybridized carbons (Fsp3) is 0.150. The number of anilines is 4. The van der Waals surface area contributed by atoms with Crippen LogP contribution in [0.25, 0.3) is 0 Å². The van der Waals surface area contributed by atoms with Gasteiger partial charge in [-0.15, -0.1) is 0 Å². The molecule has 0 bridgehead atoms. The third-order valence-electron chi connectivity index (χ3n) is 3.93. The van der Waals surface area contributed by atoms with Gasteiger partial charge in [-0.1, -0.05) is 6.07 Å². The molecule has 148 valence electrons.